The molecule has 118 valence electrons. The quantitative estimate of drug-likeness (QED) is 0.647. The lowest BCUT2D eigenvalue weighted by Gasteiger charge is -2.32. The van der Waals surface area contributed by atoms with Crippen molar-refractivity contribution in [3.05, 3.63) is 35.9 Å². The number of piperidine rings is 1. The third-order valence-corrected chi connectivity index (χ3v) is 3.88. The molecule has 0 aliphatic carbocycles. The summed E-state index contributed by atoms with van der Waals surface area (Å²) in [5, 5.41) is 3.00. The van der Waals surface area contributed by atoms with Gasteiger partial charge in [0.15, 0.2) is 0 Å². The highest BCUT2D eigenvalue weighted by Crippen LogP contribution is 2.16. The van der Waals surface area contributed by atoms with Crippen LogP contribution in [0.2, 0.25) is 0 Å². The van der Waals surface area contributed by atoms with Crippen molar-refractivity contribution in [2.24, 2.45) is 5.92 Å². The van der Waals surface area contributed by atoms with E-state index in [4.69, 9.17) is 11.2 Å². The number of nitrogens with zero attached hydrogens (tertiary/aromatic N) is 1. The molecule has 4 nitrogen and oxygen atoms in total. The molecule has 0 bridgehead atoms. The van der Waals surface area contributed by atoms with Crippen LogP contribution in [0, 0.1) is 18.3 Å². The summed E-state index contributed by atoms with van der Waals surface area (Å²) in [5.74, 6) is 2.86. The number of nitrogens with one attached hydrogen (secondary N) is 1. The van der Waals surface area contributed by atoms with E-state index in [2.05, 4.69) is 23.4 Å². The minimum atomic E-state index is 0.0255. The molecule has 1 heterocycles. The van der Waals surface area contributed by atoms with Crippen molar-refractivity contribution in [1.29, 1.82) is 0 Å². The van der Waals surface area contributed by atoms with E-state index in [1.165, 1.54) is 5.56 Å². The number of benzene rings is 1. The molecule has 0 radical (unpaired) electrons. The van der Waals surface area contributed by atoms with Crippen LogP contribution in [0.1, 0.15) is 18.4 Å². The smallest absolute Gasteiger partial charge is 0.317 e. The summed E-state index contributed by atoms with van der Waals surface area (Å²) in [5.41, 5.74) is 1.24. The highest BCUT2D eigenvalue weighted by atomic mass is 16.5. The van der Waals surface area contributed by atoms with Gasteiger partial charge in [-0.3, -0.25) is 0 Å². The number of ether oxygens (including phenoxy) is 1. The molecule has 2 amide bonds. The summed E-state index contributed by atoms with van der Waals surface area (Å²) in [6.07, 6.45) is 8.15. The molecule has 1 aromatic rings. The Bertz CT molecular complexity index is 496. The molecule has 1 saturated heterocycles. The van der Waals surface area contributed by atoms with Gasteiger partial charge in [0, 0.05) is 25.6 Å². The van der Waals surface area contributed by atoms with Crippen molar-refractivity contribution >= 4 is 6.03 Å². The number of carbonyl (C=O) groups is 1. The minimum Gasteiger partial charge on any atom is -0.368 e. The van der Waals surface area contributed by atoms with Crippen LogP contribution in [0.5, 0.6) is 0 Å². The van der Waals surface area contributed by atoms with Crippen molar-refractivity contribution in [3.63, 3.8) is 0 Å². The second kappa shape index (κ2) is 9.11. The van der Waals surface area contributed by atoms with Crippen LogP contribution in [0.25, 0.3) is 0 Å². The second-order valence-electron chi connectivity index (χ2n) is 5.64. The van der Waals surface area contributed by atoms with Crippen LogP contribution in [0.15, 0.2) is 30.3 Å². The Kier molecular flexibility index (Phi) is 6.79. The van der Waals surface area contributed by atoms with E-state index in [0.717, 1.165) is 32.4 Å². The molecule has 1 aliphatic rings. The molecular weight excluding hydrogens is 276 g/mol. The Hall–Kier alpha value is -1.99. The fourth-order valence-electron chi connectivity index (χ4n) is 2.74. The Morgan fingerprint density at radius 1 is 1.41 bits per heavy atom. The molecule has 0 spiro atoms. The number of amides is 2. The molecule has 2 rings (SSSR count). The average molecular weight is 300 g/mol. The average Bonchev–Trinajstić information content (AvgIpc) is 2.56. The van der Waals surface area contributed by atoms with Gasteiger partial charge in [0.2, 0.25) is 0 Å². The SMILES string of the molecule is C#CCOCC1CCCN(C(=O)NCCc2ccccc2)C1. The largest absolute Gasteiger partial charge is 0.368 e. The van der Waals surface area contributed by atoms with Crippen LogP contribution >= 0.6 is 0 Å². The fraction of sp³-hybridized carbons (Fsp3) is 0.500. The van der Waals surface area contributed by atoms with Crippen LogP contribution in [0.4, 0.5) is 4.79 Å². The van der Waals surface area contributed by atoms with E-state index in [1.807, 2.05) is 23.1 Å². The topological polar surface area (TPSA) is 41.6 Å². The summed E-state index contributed by atoms with van der Waals surface area (Å²) < 4.78 is 5.39. The molecule has 0 saturated carbocycles. The van der Waals surface area contributed by atoms with Gasteiger partial charge in [0.05, 0.1) is 6.61 Å². The molecular formula is C18H24N2O2. The first-order chi connectivity index (χ1) is 10.8. The van der Waals surface area contributed by atoms with Gasteiger partial charge < -0.3 is 15.0 Å². The molecule has 1 atom stereocenters. The van der Waals surface area contributed by atoms with Gasteiger partial charge in [-0.1, -0.05) is 36.3 Å². The highest BCUT2D eigenvalue weighted by molar-refractivity contribution is 5.74. The highest BCUT2D eigenvalue weighted by Gasteiger charge is 2.23. The van der Waals surface area contributed by atoms with Gasteiger partial charge in [-0.15, -0.1) is 6.42 Å². The zero-order valence-electron chi connectivity index (χ0n) is 13.0. The summed E-state index contributed by atoms with van der Waals surface area (Å²) >= 11 is 0. The molecule has 4 heteroatoms. The third kappa shape index (κ3) is 5.42. The van der Waals surface area contributed by atoms with E-state index in [0.29, 0.717) is 25.7 Å². The monoisotopic (exact) mass is 300 g/mol. The number of carbonyl (C=O) groups excluding carboxylic acids is 1. The normalized spacial score (nSPS) is 17.8. The predicted octanol–water partition coefficient (Wildman–Crippen LogP) is 2.30. The Balaban J connectivity index is 1.69. The third-order valence-electron chi connectivity index (χ3n) is 3.88. The van der Waals surface area contributed by atoms with E-state index in [-0.39, 0.29) is 6.03 Å². The van der Waals surface area contributed by atoms with Gasteiger partial charge >= 0.3 is 6.03 Å². The zero-order chi connectivity index (χ0) is 15.6. The fourth-order valence-corrected chi connectivity index (χ4v) is 2.74. The summed E-state index contributed by atoms with van der Waals surface area (Å²) in [6, 6.07) is 10.2. The number of rotatable bonds is 6. The van der Waals surface area contributed by atoms with Crippen molar-refractivity contribution in [1.82, 2.24) is 10.2 Å². The zero-order valence-corrected chi connectivity index (χ0v) is 13.0. The summed E-state index contributed by atoms with van der Waals surface area (Å²) in [7, 11) is 0. The number of terminal acetylenes is 1. The Labute approximate surface area is 132 Å². The number of urea groups is 1. The molecule has 1 fully saturated rings. The van der Waals surface area contributed by atoms with Gasteiger partial charge in [-0.25, -0.2) is 4.79 Å². The molecule has 1 aromatic carbocycles. The number of likely N-dealkylation sites (tertiary alicyclic amines) is 1. The van der Waals surface area contributed by atoms with Gasteiger partial charge in [-0.2, -0.15) is 0 Å². The van der Waals surface area contributed by atoms with E-state index < -0.39 is 0 Å². The maximum Gasteiger partial charge on any atom is 0.317 e. The van der Waals surface area contributed by atoms with Crippen molar-refractivity contribution in [2.45, 2.75) is 19.3 Å². The number of hydrogen-bond donors (Lipinski definition) is 1. The second-order valence-corrected chi connectivity index (χ2v) is 5.64. The first-order valence-corrected chi connectivity index (χ1v) is 7.87. The predicted molar refractivity (Wildman–Crippen MR) is 87.5 cm³/mol. The van der Waals surface area contributed by atoms with Gasteiger partial charge in [0.1, 0.15) is 6.61 Å². The summed E-state index contributed by atoms with van der Waals surface area (Å²) in [6.45, 7) is 3.22. The van der Waals surface area contributed by atoms with Gasteiger partial charge in [-0.05, 0) is 24.8 Å². The standard InChI is InChI=1S/C18H24N2O2/c1-2-13-22-15-17-9-6-12-20(14-17)18(21)19-11-10-16-7-4-3-5-8-16/h1,3-5,7-8,17H,6,9-15H2,(H,19,21). The molecule has 0 aromatic heterocycles. The lowest BCUT2D eigenvalue weighted by Crippen LogP contribution is -2.46. The van der Waals surface area contributed by atoms with Crippen LogP contribution in [-0.4, -0.2) is 43.8 Å². The molecule has 1 aliphatic heterocycles. The van der Waals surface area contributed by atoms with Crippen LogP contribution in [0.3, 0.4) is 0 Å². The Morgan fingerprint density at radius 3 is 3.00 bits per heavy atom. The molecule has 1 N–H and O–H groups in total. The first-order valence-electron chi connectivity index (χ1n) is 7.87. The Morgan fingerprint density at radius 2 is 2.23 bits per heavy atom. The summed E-state index contributed by atoms with van der Waals surface area (Å²) in [4.78, 5) is 14.1. The maximum absolute atomic E-state index is 12.2. The van der Waals surface area contributed by atoms with Crippen molar-refractivity contribution in [3.8, 4) is 12.3 Å². The van der Waals surface area contributed by atoms with Crippen LogP contribution in [-0.2, 0) is 11.2 Å². The lowest BCUT2D eigenvalue weighted by molar-refractivity contribution is 0.0858. The van der Waals surface area contributed by atoms with Gasteiger partial charge in [0.25, 0.3) is 0 Å². The first kappa shape index (κ1) is 16.4. The van der Waals surface area contributed by atoms with Crippen molar-refractivity contribution < 1.29 is 9.53 Å². The lowest BCUT2D eigenvalue weighted by atomic mass is 9.99. The minimum absolute atomic E-state index is 0.0255. The van der Waals surface area contributed by atoms with E-state index in [9.17, 15) is 4.79 Å². The molecule has 22 heavy (non-hydrogen) atoms. The van der Waals surface area contributed by atoms with E-state index >= 15 is 0 Å². The van der Waals surface area contributed by atoms with Crippen molar-refractivity contribution in [2.75, 3.05) is 32.8 Å². The maximum atomic E-state index is 12.2. The van der Waals surface area contributed by atoms with Crippen LogP contribution < -0.4 is 5.32 Å². The number of hydrogen-bond acceptors (Lipinski definition) is 2. The van der Waals surface area contributed by atoms with E-state index in [1.54, 1.807) is 0 Å². The molecule has 1 unspecified atom stereocenters.